The van der Waals surface area contributed by atoms with Crippen LogP contribution in [0.4, 0.5) is 55.5 Å². The number of carbonyl (C=O) groups excluding carboxylic acids is 4. The van der Waals surface area contributed by atoms with E-state index in [2.05, 4.69) is 279 Å². The number of rotatable bonds is 18. The number of amides is 4. The molecule has 2 aliphatic heterocycles. The molecule has 0 spiro atoms. The summed E-state index contributed by atoms with van der Waals surface area (Å²) in [7, 11) is -15.6. The van der Waals surface area contributed by atoms with E-state index < -0.39 is 71.6 Å². The van der Waals surface area contributed by atoms with E-state index in [9.17, 15) is 53.7 Å². The molecule has 2 atom stereocenters. The van der Waals surface area contributed by atoms with Crippen molar-refractivity contribution in [3.8, 4) is 45.3 Å². The zero-order valence-corrected chi connectivity index (χ0v) is 85.4. The molecule has 0 fully saturated rings. The van der Waals surface area contributed by atoms with Crippen LogP contribution in [-0.2, 0) is 58.0 Å². The Morgan fingerprint density at radius 3 is 0.750 bits per heavy atom. The monoisotopic (exact) mass is 2160 g/mol. The molecule has 0 saturated heterocycles. The van der Waals surface area contributed by atoms with Crippen molar-refractivity contribution in [3.05, 3.63) is 364 Å². The van der Waals surface area contributed by atoms with Crippen LogP contribution in [0.5, 0.6) is 23.0 Å². The summed E-state index contributed by atoms with van der Waals surface area (Å²) in [5, 5.41) is 28.6. The second-order valence-corrected chi connectivity index (χ2v) is 40.4. The maximum atomic E-state index is 12.5. The Kier molecular flexibility index (Phi) is 45.7. The first-order valence-electron chi connectivity index (χ1n) is 45.4. The molecule has 2 aliphatic carbocycles. The van der Waals surface area contributed by atoms with Crippen molar-refractivity contribution >= 4 is 158 Å². The van der Waals surface area contributed by atoms with Crippen LogP contribution < -0.4 is 82.2 Å². The van der Waals surface area contributed by atoms with Crippen LogP contribution in [0.3, 0.4) is 0 Å². The molecule has 14 aromatic rings. The number of hydrogen-bond donors (Lipinski definition) is 6. The Morgan fingerprint density at radius 1 is 0.321 bits per heavy atom. The number of nitrogens with two attached hydrogens (primary N) is 2. The number of urea groups is 2. The average molecular weight is 2160 g/mol. The Hall–Kier alpha value is -11.8. The predicted molar refractivity (Wildman–Crippen MR) is 563 cm³/mol. The number of halogens is 8. The van der Waals surface area contributed by atoms with E-state index in [0.29, 0.717) is 24.7 Å². The third kappa shape index (κ3) is 35.5. The fourth-order valence-corrected chi connectivity index (χ4v) is 23.9. The van der Waals surface area contributed by atoms with Gasteiger partial charge in [0.2, 0.25) is 0 Å². The van der Waals surface area contributed by atoms with E-state index in [1.54, 1.807) is 0 Å². The normalized spacial score (nSPS) is 14.2. The molecular weight excluding hydrogens is 2040 g/mol. The van der Waals surface area contributed by atoms with Gasteiger partial charge in [-0.3, -0.25) is 27.7 Å². The van der Waals surface area contributed by atoms with Gasteiger partial charge in [0, 0.05) is 84.7 Å². The maximum Gasteiger partial charge on any atom is 0.673 e. The molecule has 140 heavy (non-hydrogen) atoms. The summed E-state index contributed by atoms with van der Waals surface area (Å²) in [5.41, 5.74) is 16.0. The number of primary amides is 2. The molecule has 32 heteroatoms. The fourth-order valence-electron chi connectivity index (χ4n) is 15.8. The average Bonchev–Trinajstić information content (AvgIpc) is 1.50. The number of esters is 2. The summed E-state index contributed by atoms with van der Waals surface area (Å²) >= 11 is 0. The van der Waals surface area contributed by atoms with Gasteiger partial charge in [0.05, 0.1) is 30.1 Å². The minimum atomic E-state index is -6.00. The molecule has 2 radical (unpaired) electrons. The molecule has 18 rings (SSSR count). The number of ether oxygens (including phenoxy) is 2. The van der Waals surface area contributed by atoms with Gasteiger partial charge in [-0.1, -0.05) is 283 Å². The van der Waals surface area contributed by atoms with Crippen LogP contribution in [0.25, 0.3) is 65.3 Å². The van der Waals surface area contributed by atoms with E-state index in [4.69, 9.17) is 39.0 Å². The molecule has 14 aromatic carbocycles. The van der Waals surface area contributed by atoms with E-state index in [-0.39, 0.29) is 50.9 Å². The summed E-state index contributed by atoms with van der Waals surface area (Å²) in [6.07, 6.45) is 29.3. The van der Waals surface area contributed by atoms with E-state index in [0.717, 1.165) is 99.7 Å². The van der Waals surface area contributed by atoms with Crippen molar-refractivity contribution in [2.24, 2.45) is 23.3 Å². The first-order chi connectivity index (χ1) is 66.6. The number of nitrogens with one attached hydrogen (secondary N) is 4. The first-order valence-corrected chi connectivity index (χ1v) is 51.1. The number of fused-ring (bicyclic) bond motifs is 14. The van der Waals surface area contributed by atoms with Crippen LogP contribution in [-0.4, -0.2) is 64.8 Å². The Morgan fingerprint density at radius 2 is 0.536 bits per heavy atom. The summed E-state index contributed by atoms with van der Waals surface area (Å²) < 4.78 is 114. The van der Waals surface area contributed by atoms with Gasteiger partial charge in [-0.15, -0.1) is 10.2 Å². The van der Waals surface area contributed by atoms with Crippen molar-refractivity contribution in [3.63, 3.8) is 0 Å². The summed E-state index contributed by atoms with van der Waals surface area (Å²) in [4.78, 5) is 47.2. The summed E-state index contributed by atoms with van der Waals surface area (Å²) in [6, 6.07) is 105. The van der Waals surface area contributed by atoms with Gasteiger partial charge in [-0.2, -0.15) is 0 Å². The number of anilines is 2. The summed E-state index contributed by atoms with van der Waals surface area (Å²) in [6.45, 7) is 8.30. The van der Waals surface area contributed by atoms with Crippen LogP contribution in [0, 0.1) is 11.8 Å². The molecule has 2 heterocycles. The topological polar surface area (TPSA) is 224 Å². The SMILES string of the molecule is C1=C\CC/C=C\CC/1.C1=C\CC/C=C\CC/1.COC(=O)[C@@H](CC(C)C)N[PH+]1Oc2ccc3ccccc3c2-c2c(ccc3ccccc23)O1.COC(=O)[C@H](CC(C)C)N[PH+]1Oc2ccc3ccccc3c2-c2c(ccc3ccccc23)O1.F[B-](F)(F)F.F[B-](F)(F)F.NC(=O)Nc1cccc([PH+](c2ccccc2)c2ccccc2)c1.NC(=O)Nc1cccc([PH+](c2ccccc2)c2ccccc2)c1.[Rh].[Rh]. The molecule has 0 bridgehead atoms. The van der Waals surface area contributed by atoms with Gasteiger partial charge in [0.15, 0.2) is 23.0 Å². The van der Waals surface area contributed by atoms with E-state index in [1.807, 2.05) is 133 Å². The standard InChI is InChI=1S/2C27H26NO4P.2C19H17N2OP.2C8H12.2BF4.2Rh/c2*1-17(2)16-22(27(29)30-3)28-33-31-23-14-12-18-8-4-6-10-20(18)25(23)26-21-11-7-5-9-19(21)13-15-24(26)32-33;2*20-19(22)21-15-8-7-13-18(14-15)23(16-9-3-1-4-10-16)17-11-5-2-6-12-17;2*1-2-4-6-8-7-5-3-1;2*2-1(3,4)5;;/h2*4-15,17,22,28H,16H2,1-3H3;2*1-14H,(H3,20,21,22);2*1-2,7-8H,3-6H2;;;;/q;;;;;;2*-1;;/p+4/b;;;;2*2-1-,8-7-;;;;/t2*22-;;;;;;;;/m10......../s1. The largest absolute Gasteiger partial charge is 0.673 e. The Labute approximate surface area is 843 Å². The van der Waals surface area contributed by atoms with Crippen LogP contribution >= 0.6 is 32.9 Å². The molecule has 734 valence electrons. The van der Waals surface area contributed by atoms with Crippen LogP contribution in [0.2, 0.25) is 0 Å². The Bertz CT molecular complexity index is 5750. The molecule has 0 unspecified atom stereocenters. The number of methoxy groups -OCH3 is 2. The van der Waals surface area contributed by atoms with Crippen molar-refractivity contribution < 1.29 is 120 Å². The molecule has 0 saturated carbocycles. The van der Waals surface area contributed by atoms with E-state index in [1.165, 1.54) is 97.4 Å². The van der Waals surface area contributed by atoms with Crippen LogP contribution in [0.1, 0.15) is 91.9 Å². The molecule has 4 amide bonds. The van der Waals surface area contributed by atoms with Gasteiger partial charge in [-0.05, 0) is 216 Å². The smallest absolute Gasteiger partial charge is 0.468 e. The van der Waals surface area contributed by atoms with Gasteiger partial charge >= 0.3 is 55.6 Å². The zero-order chi connectivity index (χ0) is 98.4. The zero-order valence-electron chi connectivity index (χ0n) is 78.1. The van der Waals surface area contributed by atoms with Crippen LogP contribution in [0.15, 0.2) is 364 Å². The van der Waals surface area contributed by atoms with Crippen molar-refractivity contribution in [1.82, 2.24) is 10.2 Å². The second kappa shape index (κ2) is 57.2. The summed E-state index contributed by atoms with van der Waals surface area (Å²) in [5.74, 6) is 2.99. The van der Waals surface area contributed by atoms with Gasteiger partial charge in [-0.25, -0.2) is 9.59 Å². The molecule has 8 N–H and O–H groups in total. The quantitative estimate of drug-likeness (QED) is 0.0155. The van der Waals surface area contributed by atoms with Crippen molar-refractivity contribution in [1.29, 1.82) is 0 Å². The van der Waals surface area contributed by atoms with Gasteiger partial charge in [0.25, 0.3) is 0 Å². The minimum absolute atomic E-state index is 0. The number of allylic oxidation sites excluding steroid dienone is 8. The Balaban J connectivity index is 0.000000192. The number of benzene rings is 14. The number of hydrogen-bond acceptors (Lipinski definition) is 12. The molecular formula is C108H114B2F8N6O10P4Rh2+2. The molecule has 16 nitrogen and oxygen atoms in total. The minimum Gasteiger partial charge on any atom is -0.468 e. The van der Waals surface area contributed by atoms with E-state index >= 15 is 0 Å². The molecule has 0 aromatic heterocycles. The van der Waals surface area contributed by atoms with Gasteiger partial charge in [0.1, 0.15) is 43.9 Å². The maximum absolute atomic E-state index is 12.5. The van der Waals surface area contributed by atoms with Crippen molar-refractivity contribution in [2.75, 3.05) is 24.9 Å². The third-order valence-electron chi connectivity index (χ3n) is 21.6. The fraction of sp³-hybridized carbons (Fsp3) is 0.185. The number of carbonyl (C=O) groups is 4. The van der Waals surface area contributed by atoms with Crippen molar-refractivity contribution in [2.45, 2.75) is 104 Å². The predicted octanol–water partition coefficient (Wildman–Crippen LogP) is 26.4. The first kappa shape index (κ1) is 112. The third-order valence-corrected chi connectivity index (χ3v) is 29.8. The second-order valence-electron chi connectivity index (χ2n) is 32.9. The van der Waals surface area contributed by atoms with Gasteiger partial charge < -0.3 is 66.1 Å². The molecule has 4 aliphatic rings.